The van der Waals surface area contributed by atoms with E-state index < -0.39 is 0 Å². The summed E-state index contributed by atoms with van der Waals surface area (Å²) in [4.78, 5) is 37.3. The average Bonchev–Trinajstić information content (AvgIpc) is 3.24. The summed E-state index contributed by atoms with van der Waals surface area (Å²) in [6.07, 6.45) is 7.48. The molecule has 4 aromatic rings. The number of fused-ring (bicyclic) bond motifs is 1. The lowest BCUT2D eigenvalue weighted by atomic mass is 9.85. The molecule has 0 spiro atoms. The van der Waals surface area contributed by atoms with Crippen LogP contribution in [0.25, 0.3) is 16.7 Å². The van der Waals surface area contributed by atoms with Crippen LogP contribution in [-0.2, 0) is 6.54 Å². The number of aromatic nitrogens is 4. The number of imidazole rings is 1. The summed E-state index contributed by atoms with van der Waals surface area (Å²) in [6.45, 7) is 3.26. The molecule has 9 nitrogen and oxygen atoms in total. The highest BCUT2D eigenvalue weighted by molar-refractivity contribution is 6.30. The van der Waals surface area contributed by atoms with Crippen molar-refractivity contribution in [2.24, 2.45) is 5.92 Å². The van der Waals surface area contributed by atoms with Crippen molar-refractivity contribution in [3.8, 4) is 5.69 Å². The Morgan fingerprint density at radius 3 is 2.55 bits per heavy atom. The minimum absolute atomic E-state index is 0.0799. The highest BCUT2D eigenvalue weighted by Gasteiger charge is 2.26. The summed E-state index contributed by atoms with van der Waals surface area (Å²) in [5.41, 5.74) is 3.55. The molecule has 1 aliphatic rings. The van der Waals surface area contributed by atoms with E-state index >= 15 is 0 Å². The first-order valence-electron chi connectivity index (χ1n) is 13.8. The quantitative estimate of drug-likeness (QED) is 0.314. The van der Waals surface area contributed by atoms with Gasteiger partial charge in [-0.15, -0.1) is 0 Å². The minimum Gasteiger partial charge on any atom is -0.396 e. The second kappa shape index (κ2) is 12.2. The molecular weight excluding hydrogens is 528 g/mol. The topological polar surface area (TPSA) is 105 Å². The molecule has 0 unspecified atom stereocenters. The van der Waals surface area contributed by atoms with E-state index in [0.717, 1.165) is 48.2 Å². The van der Waals surface area contributed by atoms with Gasteiger partial charge in [0, 0.05) is 39.0 Å². The number of nitrogens with zero attached hydrogens (tertiary/aromatic N) is 5. The molecule has 3 heterocycles. The molecule has 1 amide bonds. The maximum Gasteiger partial charge on any atom is 0.333 e. The van der Waals surface area contributed by atoms with Crippen molar-refractivity contribution in [1.29, 1.82) is 0 Å². The third-order valence-electron chi connectivity index (χ3n) is 7.79. The normalized spacial score (nSPS) is 17.2. The summed E-state index contributed by atoms with van der Waals surface area (Å²) in [5.74, 6) is 0.981. The number of nitrogens with one attached hydrogen (secondary N) is 1. The van der Waals surface area contributed by atoms with Crippen LogP contribution in [0.5, 0.6) is 0 Å². The van der Waals surface area contributed by atoms with Crippen LogP contribution >= 0.6 is 11.6 Å². The van der Waals surface area contributed by atoms with E-state index in [1.54, 1.807) is 30.0 Å². The Hall–Kier alpha value is -3.69. The van der Waals surface area contributed by atoms with E-state index in [1.807, 2.05) is 52.9 Å². The molecule has 10 heteroatoms. The molecule has 3 aromatic heterocycles. The van der Waals surface area contributed by atoms with Crippen molar-refractivity contribution in [3.05, 3.63) is 81.6 Å². The molecule has 2 N–H and O–H groups in total. The highest BCUT2D eigenvalue weighted by atomic mass is 35.5. The maximum atomic E-state index is 13.7. The van der Waals surface area contributed by atoms with Crippen LogP contribution in [0.1, 0.15) is 48.2 Å². The lowest BCUT2D eigenvalue weighted by molar-refractivity contribution is 0.0919. The number of aliphatic hydroxyl groups excluding tert-OH is 1. The molecule has 0 bridgehead atoms. The van der Waals surface area contributed by atoms with Gasteiger partial charge in [0.2, 0.25) is 0 Å². The number of amides is 1. The van der Waals surface area contributed by atoms with Crippen molar-refractivity contribution in [3.63, 3.8) is 0 Å². The fourth-order valence-corrected chi connectivity index (χ4v) is 5.70. The number of aliphatic hydroxyl groups is 1. The maximum absolute atomic E-state index is 13.7. The van der Waals surface area contributed by atoms with Crippen molar-refractivity contribution < 1.29 is 9.90 Å². The molecule has 0 radical (unpaired) electrons. The molecule has 1 saturated carbocycles. The van der Waals surface area contributed by atoms with E-state index in [2.05, 4.69) is 15.3 Å². The average molecular weight is 563 g/mol. The summed E-state index contributed by atoms with van der Waals surface area (Å²) < 4.78 is 3.61. The summed E-state index contributed by atoms with van der Waals surface area (Å²) >= 11 is 6.05. The Morgan fingerprint density at radius 1 is 1.10 bits per heavy atom. The Labute approximate surface area is 238 Å². The van der Waals surface area contributed by atoms with Gasteiger partial charge in [0.25, 0.3) is 5.91 Å². The third-order valence-corrected chi connectivity index (χ3v) is 8.00. The molecule has 1 aromatic carbocycles. The summed E-state index contributed by atoms with van der Waals surface area (Å²) in [7, 11) is 1.94. The number of hydrogen-bond donors (Lipinski definition) is 2. The molecule has 1 fully saturated rings. The number of hydrogen-bond acceptors (Lipinski definition) is 6. The van der Waals surface area contributed by atoms with Crippen LogP contribution in [0.4, 0.5) is 5.82 Å². The summed E-state index contributed by atoms with van der Waals surface area (Å²) in [6, 6.07) is 13.4. The number of halogens is 1. The standard InChI is InChI=1S/C30H35ClN6O3/c1-20-25(16-22(31)17-32-20)29(39)34-23-10-8-21(9-11-23)19-36-26-6-3-4-7-27(26)37(30(36)40)24-12-13-28(33-18-24)35(2)14-5-15-38/h3-4,6-7,12-13,16-18,21,23,38H,5,8-11,14-15,19H2,1-2H3,(H,34,39)/t21-,23-. The van der Waals surface area contributed by atoms with Crippen LogP contribution in [0, 0.1) is 12.8 Å². The molecule has 1 aliphatic carbocycles. The van der Waals surface area contributed by atoms with E-state index in [-0.39, 0.29) is 24.2 Å². The number of carbonyl (C=O) groups excluding carboxylic acids is 1. The number of aryl methyl sites for hydroxylation is 1. The first-order valence-corrected chi connectivity index (χ1v) is 14.1. The van der Waals surface area contributed by atoms with Gasteiger partial charge in [-0.2, -0.15) is 0 Å². The predicted molar refractivity (Wildman–Crippen MR) is 157 cm³/mol. The minimum atomic E-state index is -0.144. The van der Waals surface area contributed by atoms with Gasteiger partial charge in [0.15, 0.2) is 0 Å². The molecule has 0 atom stereocenters. The van der Waals surface area contributed by atoms with Gasteiger partial charge in [-0.3, -0.25) is 18.9 Å². The second-order valence-electron chi connectivity index (χ2n) is 10.6. The lowest BCUT2D eigenvalue weighted by Gasteiger charge is -2.29. The summed E-state index contributed by atoms with van der Waals surface area (Å²) in [5, 5.41) is 12.7. The molecular formula is C30H35ClN6O3. The van der Waals surface area contributed by atoms with Crippen LogP contribution < -0.4 is 15.9 Å². The fourth-order valence-electron chi connectivity index (χ4n) is 5.54. The Balaban J connectivity index is 1.29. The Kier molecular flexibility index (Phi) is 8.52. The van der Waals surface area contributed by atoms with Crippen LogP contribution in [0.15, 0.2) is 59.7 Å². The van der Waals surface area contributed by atoms with Gasteiger partial charge in [0.05, 0.1) is 39.2 Å². The van der Waals surface area contributed by atoms with Crippen molar-refractivity contribution in [2.45, 2.75) is 51.6 Å². The highest BCUT2D eigenvalue weighted by Crippen LogP contribution is 2.28. The zero-order chi connectivity index (χ0) is 28.2. The number of anilines is 1. The van der Waals surface area contributed by atoms with E-state index in [9.17, 15) is 9.59 Å². The van der Waals surface area contributed by atoms with Gasteiger partial charge in [-0.25, -0.2) is 9.78 Å². The zero-order valence-electron chi connectivity index (χ0n) is 22.9. The SMILES string of the molecule is Cc1ncc(Cl)cc1C(=O)N[C@H]1CC[C@H](Cn2c(=O)n(-c3ccc(N(C)CCCO)nc3)c3ccccc32)CC1. The fraction of sp³-hybridized carbons (Fsp3) is 0.400. The van der Waals surface area contributed by atoms with Gasteiger partial charge >= 0.3 is 5.69 Å². The van der Waals surface area contributed by atoms with Crippen LogP contribution in [0.3, 0.4) is 0 Å². The van der Waals surface area contributed by atoms with Gasteiger partial charge in [-0.1, -0.05) is 23.7 Å². The smallest absolute Gasteiger partial charge is 0.333 e. The van der Waals surface area contributed by atoms with Gasteiger partial charge < -0.3 is 15.3 Å². The van der Waals surface area contributed by atoms with Gasteiger partial charge in [-0.05, 0) is 75.3 Å². The molecule has 5 rings (SSSR count). The Morgan fingerprint density at radius 2 is 1.85 bits per heavy atom. The number of para-hydroxylation sites is 2. The van der Waals surface area contributed by atoms with Crippen LogP contribution in [0.2, 0.25) is 5.02 Å². The zero-order valence-corrected chi connectivity index (χ0v) is 23.6. The van der Waals surface area contributed by atoms with Crippen molar-refractivity contribution in [1.82, 2.24) is 24.4 Å². The van der Waals surface area contributed by atoms with E-state index in [4.69, 9.17) is 16.7 Å². The molecule has 210 valence electrons. The second-order valence-corrected chi connectivity index (χ2v) is 11.0. The number of carbonyl (C=O) groups is 1. The van der Waals surface area contributed by atoms with Crippen LogP contribution in [-0.4, -0.2) is 56.4 Å². The number of pyridine rings is 2. The molecule has 0 saturated heterocycles. The predicted octanol–water partition coefficient (Wildman–Crippen LogP) is 4.35. The Bertz CT molecular complexity index is 1540. The van der Waals surface area contributed by atoms with Crippen molar-refractivity contribution >= 4 is 34.4 Å². The van der Waals surface area contributed by atoms with Crippen molar-refractivity contribution in [2.75, 3.05) is 25.1 Å². The van der Waals surface area contributed by atoms with E-state index in [0.29, 0.717) is 41.7 Å². The van der Waals surface area contributed by atoms with E-state index in [1.165, 1.54) is 0 Å². The third kappa shape index (κ3) is 5.90. The first-order chi connectivity index (χ1) is 19.4. The molecule has 40 heavy (non-hydrogen) atoms. The molecule has 0 aliphatic heterocycles. The number of rotatable bonds is 9. The van der Waals surface area contributed by atoms with Gasteiger partial charge in [0.1, 0.15) is 5.82 Å². The number of benzene rings is 1. The lowest BCUT2D eigenvalue weighted by Crippen LogP contribution is -2.39. The monoisotopic (exact) mass is 562 g/mol. The first kappa shape index (κ1) is 27.9. The largest absolute Gasteiger partial charge is 0.396 e.